The Bertz CT molecular complexity index is 245. The normalized spacial score (nSPS) is 15.1. The van der Waals surface area contributed by atoms with Gasteiger partial charge in [0.25, 0.3) is 0 Å². The van der Waals surface area contributed by atoms with E-state index in [0.29, 0.717) is 5.92 Å². The van der Waals surface area contributed by atoms with Crippen LogP contribution < -0.4 is 4.72 Å². The van der Waals surface area contributed by atoms with Crippen LogP contribution in [0.2, 0.25) is 0 Å². The van der Waals surface area contributed by atoms with Crippen molar-refractivity contribution >= 4 is 10.0 Å². The second-order valence-electron chi connectivity index (χ2n) is 4.58. The maximum atomic E-state index is 11.5. The number of nitrogens with one attached hydrogen (secondary N) is 1. The summed E-state index contributed by atoms with van der Waals surface area (Å²) in [5.74, 6) is 0.626. The number of rotatable bonds is 6. The minimum Gasteiger partial charge on any atom is -0.212 e. The van der Waals surface area contributed by atoms with Gasteiger partial charge in [-0.15, -0.1) is 0 Å². The van der Waals surface area contributed by atoms with E-state index in [1.165, 1.54) is 0 Å². The third-order valence-corrected chi connectivity index (χ3v) is 4.14. The van der Waals surface area contributed by atoms with Gasteiger partial charge in [0.2, 0.25) is 10.0 Å². The van der Waals surface area contributed by atoms with E-state index < -0.39 is 10.0 Å². The molecule has 0 aromatic rings. The van der Waals surface area contributed by atoms with E-state index in [9.17, 15) is 8.42 Å². The van der Waals surface area contributed by atoms with Gasteiger partial charge in [0.15, 0.2) is 0 Å². The van der Waals surface area contributed by atoms with Crippen LogP contribution in [0.4, 0.5) is 0 Å². The average molecular weight is 221 g/mol. The Labute approximate surface area is 88.3 Å². The van der Waals surface area contributed by atoms with Gasteiger partial charge in [-0.3, -0.25) is 0 Å². The van der Waals surface area contributed by atoms with Crippen molar-refractivity contribution < 1.29 is 8.42 Å². The van der Waals surface area contributed by atoms with E-state index in [2.05, 4.69) is 18.6 Å². The zero-order valence-electron chi connectivity index (χ0n) is 9.87. The van der Waals surface area contributed by atoms with Gasteiger partial charge in [-0.1, -0.05) is 13.8 Å². The Hall–Kier alpha value is -0.0900. The summed E-state index contributed by atoms with van der Waals surface area (Å²) in [5.41, 5.74) is 0. The zero-order chi connectivity index (χ0) is 11.4. The van der Waals surface area contributed by atoms with Gasteiger partial charge < -0.3 is 0 Å². The maximum Gasteiger partial charge on any atom is 0.214 e. The van der Waals surface area contributed by atoms with Gasteiger partial charge in [0.05, 0.1) is 5.25 Å². The minimum atomic E-state index is -3.10. The van der Waals surface area contributed by atoms with Gasteiger partial charge in [0, 0.05) is 6.04 Å². The summed E-state index contributed by atoms with van der Waals surface area (Å²) in [6.07, 6.45) is 1.96. The fraction of sp³-hybridized carbons (Fsp3) is 1.00. The molecule has 0 aromatic carbocycles. The highest BCUT2D eigenvalue weighted by Crippen LogP contribution is 2.08. The molecule has 0 saturated heterocycles. The number of hydrogen-bond acceptors (Lipinski definition) is 2. The molecule has 1 atom stereocenters. The molecular formula is C10H23NO2S. The monoisotopic (exact) mass is 221 g/mol. The van der Waals surface area contributed by atoms with Crippen LogP contribution in [-0.2, 0) is 10.0 Å². The fourth-order valence-corrected chi connectivity index (χ4v) is 2.01. The standard InChI is InChI=1S/C10H23NO2S/c1-8(2)6-7-10(5)11-14(12,13)9(3)4/h8-11H,6-7H2,1-5H3. The molecule has 0 fully saturated rings. The molecule has 1 unspecified atom stereocenters. The number of sulfonamides is 1. The third kappa shape index (κ3) is 5.60. The van der Waals surface area contributed by atoms with Crippen molar-refractivity contribution in [3.63, 3.8) is 0 Å². The molecule has 0 aliphatic carbocycles. The van der Waals surface area contributed by atoms with Crippen molar-refractivity contribution in [1.29, 1.82) is 0 Å². The summed E-state index contributed by atoms with van der Waals surface area (Å²) in [5, 5.41) is -0.344. The average Bonchev–Trinajstić information content (AvgIpc) is 1.99. The zero-order valence-corrected chi connectivity index (χ0v) is 10.7. The molecule has 4 heteroatoms. The van der Waals surface area contributed by atoms with E-state index in [-0.39, 0.29) is 11.3 Å². The highest BCUT2D eigenvalue weighted by molar-refractivity contribution is 7.90. The summed E-state index contributed by atoms with van der Waals surface area (Å²) in [6.45, 7) is 9.59. The highest BCUT2D eigenvalue weighted by atomic mass is 32.2. The van der Waals surface area contributed by atoms with Crippen molar-refractivity contribution in [3.05, 3.63) is 0 Å². The smallest absolute Gasteiger partial charge is 0.212 e. The molecule has 0 saturated carbocycles. The van der Waals surface area contributed by atoms with Crippen LogP contribution in [0, 0.1) is 5.92 Å². The van der Waals surface area contributed by atoms with E-state index in [0.717, 1.165) is 12.8 Å². The summed E-state index contributed by atoms with van der Waals surface area (Å²) in [4.78, 5) is 0. The molecule has 0 heterocycles. The molecule has 0 bridgehead atoms. The predicted molar refractivity (Wildman–Crippen MR) is 60.7 cm³/mol. The highest BCUT2D eigenvalue weighted by Gasteiger charge is 2.18. The lowest BCUT2D eigenvalue weighted by molar-refractivity contribution is 0.483. The van der Waals surface area contributed by atoms with Crippen LogP contribution in [0.25, 0.3) is 0 Å². The minimum absolute atomic E-state index is 0.0461. The molecule has 0 aliphatic heterocycles. The van der Waals surface area contributed by atoms with E-state index in [1.807, 2.05) is 6.92 Å². The number of hydrogen-bond donors (Lipinski definition) is 1. The maximum absolute atomic E-state index is 11.5. The lowest BCUT2D eigenvalue weighted by Crippen LogP contribution is -2.37. The molecule has 0 amide bonds. The summed E-state index contributed by atoms with van der Waals surface area (Å²) >= 11 is 0. The van der Waals surface area contributed by atoms with Crippen LogP contribution >= 0.6 is 0 Å². The Kier molecular flexibility index (Phi) is 5.67. The van der Waals surface area contributed by atoms with Crippen LogP contribution in [0.3, 0.4) is 0 Å². The van der Waals surface area contributed by atoms with Crippen molar-refractivity contribution in [1.82, 2.24) is 4.72 Å². The first-order valence-corrected chi connectivity index (χ1v) is 6.81. The fourth-order valence-electron chi connectivity index (χ4n) is 1.06. The van der Waals surface area contributed by atoms with Gasteiger partial charge in [-0.05, 0) is 39.5 Å². The Morgan fingerprint density at radius 1 is 1.00 bits per heavy atom. The molecule has 0 radical (unpaired) electrons. The van der Waals surface area contributed by atoms with E-state index in [4.69, 9.17) is 0 Å². The lowest BCUT2D eigenvalue weighted by Gasteiger charge is -2.16. The van der Waals surface area contributed by atoms with E-state index >= 15 is 0 Å². The molecule has 0 aliphatic rings. The molecule has 1 N–H and O–H groups in total. The third-order valence-electron chi connectivity index (χ3n) is 2.16. The van der Waals surface area contributed by atoms with Gasteiger partial charge in [0.1, 0.15) is 0 Å². The molecule has 0 spiro atoms. The van der Waals surface area contributed by atoms with Gasteiger partial charge in [-0.2, -0.15) is 0 Å². The molecule has 0 rings (SSSR count). The Morgan fingerprint density at radius 2 is 1.50 bits per heavy atom. The molecule has 86 valence electrons. The SMILES string of the molecule is CC(C)CCC(C)NS(=O)(=O)C(C)C. The summed E-state index contributed by atoms with van der Waals surface area (Å²) in [6, 6.07) is 0.0461. The predicted octanol–water partition coefficient (Wildman–Crippen LogP) is 2.14. The quantitative estimate of drug-likeness (QED) is 0.747. The first-order valence-electron chi connectivity index (χ1n) is 5.27. The molecular weight excluding hydrogens is 198 g/mol. The lowest BCUT2D eigenvalue weighted by atomic mass is 10.1. The van der Waals surface area contributed by atoms with Crippen LogP contribution in [-0.4, -0.2) is 19.7 Å². The van der Waals surface area contributed by atoms with Crippen molar-refractivity contribution in [2.75, 3.05) is 0 Å². The summed E-state index contributed by atoms with van der Waals surface area (Å²) < 4.78 is 25.6. The van der Waals surface area contributed by atoms with Crippen molar-refractivity contribution in [2.45, 2.75) is 58.8 Å². The van der Waals surface area contributed by atoms with Gasteiger partial charge >= 0.3 is 0 Å². The topological polar surface area (TPSA) is 46.2 Å². The second-order valence-corrected chi connectivity index (χ2v) is 6.85. The molecule has 0 aromatic heterocycles. The van der Waals surface area contributed by atoms with E-state index in [1.54, 1.807) is 13.8 Å². The second kappa shape index (κ2) is 5.71. The Morgan fingerprint density at radius 3 is 1.86 bits per heavy atom. The first-order chi connectivity index (χ1) is 6.25. The van der Waals surface area contributed by atoms with Crippen LogP contribution in [0.15, 0.2) is 0 Å². The molecule has 14 heavy (non-hydrogen) atoms. The Balaban J connectivity index is 4.00. The van der Waals surface area contributed by atoms with Crippen molar-refractivity contribution in [3.8, 4) is 0 Å². The first kappa shape index (κ1) is 13.9. The summed E-state index contributed by atoms with van der Waals surface area (Å²) in [7, 11) is -3.10. The van der Waals surface area contributed by atoms with Crippen LogP contribution in [0.5, 0.6) is 0 Å². The molecule has 3 nitrogen and oxygen atoms in total. The largest absolute Gasteiger partial charge is 0.214 e. The van der Waals surface area contributed by atoms with Gasteiger partial charge in [-0.25, -0.2) is 13.1 Å². The van der Waals surface area contributed by atoms with Crippen LogP contribution in [0.1, 0.15) is 47.5 Å². The van der Waals surface area contributed by atoms with Crippen molar-refractivity contribution in [2.24, 2.45) is 5.92 Å².